The Labute approximate surface area is 166 Å². The van der Waals surface area contributed by atoms with Crippen LogP contribution in [0.4, 0.5) is 5.82 Å². The summed E-state index contributed by atoms with van der Waals surface area (Å²) in [5.41, 5.74) is 5.56. The second-order valence-corrected chi connectivity index (χ2v) is 9.13. The van der Waals surface area contributed by atoms with Crippen molar-refractivity contribution in [2.45, 2.75) is 63.1 Å². The van der Waals surface area contributed by atoms with E-state index in [4.69, 9.17) is 10.5 Å². The number of primary amides is 1. The standard InChI is InChI=1S/C21H31N5O2/c22-21(27)18-3-4-20(25-24-18)26(15-1-2-15)16-10-14-12-23-19(17(14)11-16)9-13-5-7-28-8-6-13/h3-4,13-17,19,23H,1-2,5-12H2,(H2,22,27)/t14-,16+,17+,19+/m1/s1. The zero-order valence-corrected chi connectivity index (χ0v) is 16.4. The summed E-state index contributed by atoms with van der Waals surface area (Å²) in [5.74, 6) is 2.75. The van der Waals surface area contributed by atoms with Crippen molar-refractivity contribution < 1.29 is 9.53 Å². The zero-order valence-electron chi connectivity index (χ0n) is 16.4. The minimum atomic E-state index is -0.519. The monoisotopic (exact) mass is 385 g/mol. The molecule has 1 amide bonds. The molecule has 4 aliphatic rings. The SMILES string of the molecule is NC(=O)c1ccc(N(C2CC2)[C@H]2C[C@@H]3CN[C@@H](CC4CCOCC4)[C@H]3C2)nn1. The quantitative estimate of drug-likeness (QED) is 0.775. The van der Waals surface area contributed by atoms with Crippen LogP contribution >= 0.6 is 0 Å². The van der Waals surface area contributed by atoms with Gasteiger partial charge in [-0.25, -0.2) is 0 Å². The minimum Gasteiger partial charge on any atom is -0.381 e. The number of carbonyl (C=O) groups is 1. The molecule has 7 nitrogen and oxygen atoms in total. The smallest absolute Gasteiger partial charge is 0.269 e. The molecule has 4 atom stereocenters. The molecule has 2 saturated carbocycles. The van der Waals surface area contributed by atoms with Gasteiger partial charge in [-0.1, -0.05) is 0 Å². The first-order valence-electron chi connectivity index (χ1n) is 10.9. The van der Waals surface area contributed by atoms with Crippen LogP contribution in [0, 0.1) is 17.8 Å². The van der Waals surface area contributed by atoms with Gasteiger partial charge in [0.2, 0.25) is 0 Å². The molecule has 0 aromatic carbocycles. The number of rotatable bonds is 6. The Kier molecular flexibility index (Phi) is 4.97. The van der Waals surface area contributed by atoms with Crippen molar-refractivity contribution in [1.29, 1.82) is 0 Å². The van der Waals surface area contributed by atoms with Gasteiger partial charge in [-0.05, 0) is 81.4 Å². The molecular weight excluding hydrogens is 354 g/mol. The topological polar surface area (TPSA) is 93.4 Å². The van der Waals surface area contributed by atoms with Crippen molar-refractivity contribution in [2.75, 3.05) is 24.7 Å². The van der Waals surface area contributed by atoms with E-state index in [9.17, 15) is 4.79 Å². The number of nitrogens with zero attached hydrogens (tertiary/aromatic N) is 3. The van der Waals surface area contributed by atoms with E-state index >= 15 is 0 Å². The number of carbonyl (C=O) groups excluding carboxylic acids is 1. The van der Waals surface area contributed by atoms with Crippen LogP contribution in [0.15, 0.2) is 12.1 Å². The lowest BCUT2D eigenvalue weighted by molar-refractivity contribution is 0.0593. The maximum atomic E-state index is 11.3. The highest BCUT2D eigenvalue weighted by Crippen LogP contribution is 2.46. The number of anilines is 1. The first-order chi connectivity index (χ1) is 13.7. The largest absolute Gasteiger partial charge is 0.381 e. The van der Waals surface area contributed by atoms with E-state index < -0.39 is 5.91 Å². The molecule has 3 heterocycles. The number of hydrogen-bond acceptors (Lipinski definition) is 6. The lowest BCUT2D eigenvalue weighted by atomic mass is 9.85. The van der Waals surface area contributed by atoms with E-state index in [1.54, 1.807) is 6.07 Å². The van der Waals surface area contributed by atoms with Crippen molar-refractivity contribution in [1.82, 2.24) is 15.5 Å². The third-order valence-electron chi connectivity index (χ3n) is 7.31. The van der Waals surface area contributed by atoms with Gasteiger partial charge in [-0.3, -0.25) is 4.79 Å². The van der Waals surface area contributed by atoms with E-state index in [2.05, 4.69) is 20.4 Å². The van der Waals surface area contributed by atoms with Crippen molar-refractivity contribution in [3.05, 3.63) is 17.8 Å². The molecule has 4 fully saturated rings. The number of amides is 1. The van der Waals surface area contributed by atoms with Gasteiger partial charge in [0, 0.05) is 31.3 Å². The molecule has 7 heteroatoms. The average molecular weight is 386 g/mol. The molecule has 2 aliphatic carbocycles. The average Bonchev–Trinajstić information content (AvgIpc) is 3.35. The predicted octanol–water partition coefficient (Wildman–Crippen LogP) is 1.73. The van der Waals surface area contributed by atoms with Gasteiger partial charge in [0.25, 0.3) is 5.91 Å². The van der Waals surface area contributed by atoms with Gasteiger partial charge in [-0.2, -0.15) is 0 Å². The van der Waals surface area contributed by atoms with Gasteiger partial charge in [-0.15, -0.1) is 10.2 Å². The Morgan fingerprint density at radius 2 is 1.96 bits per heavy atom. The van der Waals surface area contributed by atoms with E-state index in [-0.39, 0.29) is 5.69 Å². The molecule has 5 rings (SSSR count). The second kappa shape index (κ2) is 7.59. The van der Waals surface area contributed by atoms with E-state index in [0.717, 1.165) is 43.3 Å². The maximum absolute atomic E-state index is 11.3. The molecule has 2 aliphatic heterocycles. The van der Waals surface area contributed by atoms with Crippen LogP contribution in [0.5, 0.6) is 0 Å². The fourth-order valence-corrected chi connectivity index (χ4v) is 5.75. The number of nitrogens with two attached hydrogens (primary N) is 1. The Morgan fingerprint density at radius 1 is 1.14 bits per heavy atom. The first-order valence-corrected chi connectivity index (χ1v) is 10.9. The molecule has 0 spiro atoms. The van der Waals surface area contributed by atoms with Crippen LogP contribution in [0.3, 0.4) is 0 Å². The molecule has 152 valence electrons. The number of hydrogen-bond donors (Lipinski definition) is 2. The van der Waals surface area contributed by atoms with Crippen LogP contribution in [-0.4, -0.2) is 54.0 Å². The highest BCUT2D eigenvalue weighted by atomic mass is 16.5. The van der Waals surface area contributed by atoms with Crippen LogP contribution in [0.25, 0.3) is 0 Å². The Hall–Kier alpha value is -1.73. The summed E-state index contributed by atoms with van der Waals surface area (Å²) in [6, 6.07) is 5.42. The van der Waals surface area contributed by atoms with Crippen molar-refractivity contribution in [3.63, 3.8) is 0 Å². The summed E-state index contributed by atoms with van der Waals surface area (Å²) in [4.78, 5) is 13.8. The summed E-state index contributed by atoms with van der Waals surface area (Å²) < 4.78 is 5.54. The predicted molar refractivity (Wildman–Crippen MR) is 106 cm³/mol. The molecular formula is C21H31N5O2. The molecule has 28 heavy (non-hydrogen) atoms. The zero-order chi connectivity index (χ0) is 19.1. The second-order valence-electron chi connectivity index (χ2n) is 9.13. The van der Waals surface area contributed by atoms with Gasteiger partial charge >= 0.3 is 0 Å². The summed E-state index contributed by atoms with van der Waals surface area (Å²) in [6.45, 7) is 3.02. The third kappa shape index (κ3) is 3.62. The first kappa shape index (κ1) is 18.3. The number of aromatic nitrogens is 2. The molecule has 0 unspecified atom stereocenters. The number of nitrogens with one attached hydrogen (secondary N) is 1. The van der Waals surface area contributed by atoms with E-state index in [1.165, 1.54) is 44.9 Å². The van der Waals surface area contributed by atoms with Crippen LogP contribution in [0.1, 0.15) is 55.4 Å². The van der Waals surface area contributed by atoms with E-state index in [0.29, 0.717) is 18.1 Å². The lowest BCUT2D eigenvalue weighted by Gasteiger charge is -2.32. The van der Waals surface area contributed by atoms with E-state index in [1.807, 2.05) is 6.07 Å². The Morgan fingerprint density at radius 3 is 2.64 bits per heavy atom. The summed E-state index contributed by atoms with van der Waals surface area (Å²) in [7, 11) is 0. The van der Waals surface area contributed by atoms with Crippen molar-refractivity contribution >= 4 is 11.7 Å². The van der Waals surface area contributed by atoms with Crippen molar-refractivity contribution in [3.8, 4) is 0 Å². The molecule has 3 N–H and O–H groups in total. The normalized spacial score (nSPS) is 33.0. The fraction of sp³-hybridized carbons (Fsp3) is 0.762. The van der Waals surface area contributed by atoms with Gasteiger partial charge in [0.15, 0.2) is 11.5 Å². The molecule has 1 aromatic heterocycles. The summed E-state index contributed by atoms with van der Waals surface area (Å²) in [6.07, 6.45) is 8.67. The lowest BCUT2D eigenvalue weighted by Crippen LogP contribution is -2.39. The molecule has 1 aromatic rings. The molecule has 0 bridgehead atoms. The number of ether oxygens (including phenoxy) is 1. The highest BCUT2D eigenvalue weighted by molar-refractivity contribution is 5.90. The van der Waals surface area contributed by atoms with Gasteiger partial charge in [0.05, 0.1) is 0 Å². The van der Waals surface area contributed by atoms with Crippen LogP contribution in [-0.2, 0) is 4.74 Å². The van der Waals surface area contributed by atoms with Gasteiger partial charge in [0.1, 0.15) is 0 Å². The third-order valence-corrected chi connectivity index (χ3v) is 7.31. The summed E-state index contributed by atoms with van der Waals surface area (Å²) in [5, 5.41) is 12.2. The van der Waals surface area contributed by atoms with Crippen LogP contribution < -0.4 is 16.0 Å². The summed E-state index contributed by atoms with van der Waals surface area (Å²) >= 11 is 0. The Bertz CT molecular complexity index is 701. The maximum Gasteiger partial charge on any atom is 0.269 e. The van der Waals surface area contributed by atoms with Crippen molar-refractivity contribution in [2.24, 2.45) is 23.5 Å². The fourth-order valence-electron chi connectivity index (χ4n) is 5.75. The minimum absolute atomic E-state index is 0.239. The van der Waals surface area contributed by atoms with Crippen LogP contribution in [0.2, 0.25) is 0 Å². The number of fused-ring (bicyclic) bond motifs is 1. The molecule has 2 saturated heterocycles. The van der Waals surface area contributed by atoms with Gasteiger partial charge < -0.3 is 20.7 Å². The highest BCUT2D eigenvalue weighted by Gasteiger charge is 2.48. The Balaban J connectivity index is 1.27. The molecule has 0 radical (unpaired) electrons.